The van der Waals surface area contributed by atoms with Crippen LogP contribution in [-0.2, 0) is 9.59 Å². The predicted molar refractivity (Wildman–Crippen MR) is 80.4 cm³/mol. The molecular formula is C15H29N3O2. The summed E-state index contributed by atoms with van der Waals surface area (Å²) in [5.41, 5.74) is 0. The molecule has 5 nitrogen and oxygen atoms in total. The molecule has 0 saturated carbocycles. The first kappa shape index (κ1) is 17.0. The van der Waals surface area contributed by atoms with Crippen LogP contribution in [0.2, 0.25) is 0 Å². The zero-order valence-electron chi connectivity index (χ0n) is 13.1. The molecule has 1 rings (SSSR count). The molecule has 2 N–H and O–H groups in total. The van der Waals surface area contributed by atoms with E-state index in [4.69, 9.17) is 0 Å². The van der Waals surface area contributed by atoms with E-state index in [1.54, 1.807) is 0 Å². The summed E-state index contributed by atoms with van der Waals surface area (Å²) in [4.78, 5) is 25.9. The molecule has 1 fully saturated rings. The van der Waals surface area contributed by atoms with Crippen LogP contribution in [0, 0.1) is 5.92 Å². The first-order valence-corrected chi connectivity index (χ1v) is 7.83. The number of nitrogens with zero attached hydrogens (tertiary/aromatic N) is 1. The highest BCUT2D eigenvalue weighted by Crippen LogP contribution is 2.18. The molecule has 0 aromatic rings. The number of hydrogen-bond donors (Lipinski definition) is 2. The molecule has 20 heavy (non-hydrogen) atoms. The lowest BCUT2D eigenvalue weighted by atomic mass is 10.1. The highest BCUT2D eigenvalue weighted by molar-refractivity contribution is 5.83. The fraction of sp³-hybridized carbons (Fsp3) is 0.867. The van der Waals surface area contributed by atoms with E-state index in [2.05, 4.69) is 29.4 Å². The van der Waals surface area contributed by atoms with Crippen LogP contribution in [0.3, 0.4) is 0 Å². The average molecular weight is 283 g/mol. The summed E-state index contributed by atoms with van der Waals surface area (Å²) in [5.74, 6) is 0.660. The Labute approximate surface area is 122 Å². The number of hydrogen-bond acceptors (Lipinski definition) is 3. The minimum absolute atomic E-state index is 0.00361. The van der Waals surface area contributed by atoms with Crippen molar-refractivity contribution >= 4 is 11.8 Å². The molecule has 0 spiro atoms. The maximum Gasteiger partial charge on any atom is 0.237 e. The van der Waals surface area contributed by atoms with Crippen LogP contribution in [0.5, 0.6) is 0 Å². The SMILES string of the molecule is CCCNC(=O)CCNC(=O)C1CCCN1CC(C)C. The minimum Gasteiger partial charge on any atom is -0.356 e. The smallest absolute Gasteiger partial charge is 0.237 e. The Hall–Kier alpha value is -1.10. The number of carbonyl (C=O) groups is 2. The van der Waals surface area contributed by atoms with Gasteiger partial charge >= 0.3 is 0 Å². The molecule has 0 aliphatic carbocycles. The molecule has 1 heterocycles. The van der Waals surface area contributed by atoms with Crippen LogP contribution >= 0.6 is 0 Å². The number of carbonyl (C=O) groups excluding carboxylic acids is 2. The van der Waals surface area contributed by atoms with Crippen molar-refractivity contribution in [1.82, 2.24) is 15.5 Å². The lowest BCUT2D eigenvalue weighted by Crippen LogP contribution is -2.45. The third-order valence-corrected chi connectivity index (χ3v) is 3.49. The maximum atomic E-state index is 12.1. The van der Waals surface area contributed by atoms with Gasteiger partial charge in [-0.15, -0.1) is 0 Å². The van der Waals surface area contributed by atoms with Gasteiger partial charge in [0.05, 0.1) is 6.04 Å². The van der Waals surface area contributed by atoms with Gasteiger partial charge in [0, 0.05) is 26.1 Å². The second-order valence-corrected chi connectivity index (χ2v) is 5.94. The third-order valence-electron chi connectivity index (χ3n) is 3.49. The summed E-state index contributed by atoms with van der Waals surface area (Å²) < 4.78 is 0. The van der Waals surface area contributed by atoms with Gasteiger partial charge in [-0.25, -0.2) is 0 Å². The molecule has 2 amide bonds. The van der Waals surface area contributed by atoms with Crippen molar-refractivity contribution in [1.29, 1.82) is 0 Å². The summed E-state index contributed by atoms with van der Waals surface area (Å²) in [6.07, 6.45) is 3.31. The number of nitrogens with one attached hydrogen (secondary N) is 2. The Morgan fingerprint density at radius 3 is 2.65 bits per heavy atom. The zero-order valence-corrected chi connectivity index (χ0v) is 13.1. The molecule has 1 atom stereocenters. The molecule has 1 saturated heterocycles. The number of likely N-dealkylation sites (tertiary alicyclic amines) is 1. The van der Waals surface area contributed by atoms with Crippen molar-refractivity contribution in [3.63, 3.8) is 0 Å². The Bertz CT molecular complexity index is 318. The molecule has 0 aromatic heterocycles. The van der Waals surface area contributed by atoms with Gasteiger partial charge in [-0.3, -0.25) is 14.5 Å². The predicted octanol–water partition coefficient (Wildman–Crippen LogP) is 1.14. The van der Waals surface area contributed by atoms with Crippen LogP contribution in [0.25, 0.3) is 0 Å². The van der Waals surface area contributed by atoms with Gasteiger partial charge in [0.25, 0.3) is 0 Å². The number of amides is 2. The van der Waals surface area contributed by atoms with E-state index < -0.39 is 0 Å². The summed E-state index contributed by atoms with van der Waals surface area (Å²) in [6, 6.07) is -0.00361. The van der Waals surface area contributed by atoms with E-state index in [1.165, 1.54) is 0 Å². The molecule has 1 aliphatic heterocycles. The Kier molecular flexibility index (Phi) is 7.59. The van der Waals surface area contributed by atoms with Crippen molar-refractivity contribution in [2.75, 3.05) is 26.2 Å². The molecule has 0 bridgehead atoms. The lowest BCUT2D eigenvalue weighted by Gasteiger charge is -2.25. The molecule has 116 valence electrons. The van der Waals surface area contributed by atoms with Crippen molar-refractivity contribution in [3.8, 4) is 0 Å². The Morgan fingerprint density at radius 2 is 2.00 bits per heavy atom. The fourth-order valence-electron chi connectivity index (χ4n) is 2.58. The fourth-order valence-corrected chi connectivity index (χ4v) is 2.58. The van der Waals surface area contributed by atoms with Gasteiger partial charge in [-0.1, -0.05) is 20.8 Å². The normalized spacial score (nSPS) is 19.3. The van der Waals surface area contributed by atoms with E-state index >= 15 is 0 Å². The van der Waals surface area contributed by atoms with Gasteiger partial charge < -0.3 is 10.6 Å². The van der Waals surface area contributed by atoms with Crippen LogP contribution < -0.4 is 10.6 Å². The van der Waals surface area contributed by atoms with Gasteiger partial charge in [0.2, 0.25) is 11.8 Å². The molecule has 1 unspecified atom stereocenters. The van der Waals surface area contributed by atoms with E-state index in [0.717, 1.165) is 32.4 Å². The van der Waals surface area contributed by atoms with Crippen LogP contribution in [0.4, 0.5) is 0 Å². The largest absolute Gasteiger partial charge is 0.356 e. The summed E-state index contributed by atoms with van der Waals surface area (Å²) in [6.45, 7) is 9.47. The molecule has 1 aliphatic rings. The van der Waals surface area contributed by atoms with Crippen LogP contribution in [-0.4, -0.2) is 48.9 Å². The Balaban J connectivity index is 2.26. The van der Waals surface area contributed by atoms with Gasteiger partial charge in [-0.05, 0) is 31.7 Å². The summed E-state index contributed by atoms with van der Waals surface area (Å²) in [5, 5.41) is 5.70. The molecule has 0 aromatic carbocycles. The third kappa shape index (κ3) is 5.90. The summed E-state index contributed by atoms with van der Waals surface area (Å²) >= 11 is 0. The van der Waals surface area contributed by atoms with Crippen molar-refractivity contribution in [2.45, 2.75) is 52.5 Å². The van der Waals surface area contributed by atoms with Gasteiger partial charge in [0.15, 0.2) is 0 Å². The highest BCUT2D eigenvalue weighted by Gasteiger charge is 2.30. The van der Waals surface area contributed by atoms with Crippen LogP contribution in [0.15, 0.2) is 0 Å². The van der Waals surface area contributed by atoms with E-state index in [9.17, 15) is 9.59 Å². The molecule has 0 radical (unpaired) electrons. The zero-order chi connectivity index (χ0) is 15.0. The highest BCUT2D eigenvalue weighted by atomic mass is 16.2. The minimum atomic E-state index is -0.00361. The molecular weight excluding hydrogens is 254 g/mol. The summed E-state index contributed by atoms with van der Waals surface area (Å²) in [7, 11) is 0. The standard InChI is InChI=1S/C15H29N3O2/c1-4-8-16-14(19)7-9-17-15(20)13-6-5-10-18(13)11-12(2)3/h12-13H,4-11H2,1-3H3,(H,16,19)(H,17,20). The average Bonchev–Trinajstić information content (AvgIpc) is 2.83. The maximum absolute atomic E-state index is 12.1. The second-order valence-electron chi connectivity index (χ2n) is 5.94. The first-order chi connectivity index (χ1) is 9.54. The van der Waals surface area contributed by atoms with Gasteiger partial charge in [-0.2, -0.15) is 0 Å². The van der Waals surface area contributed by atoms with E-state index in [-0.39, 0.29) is 17.9 Å². The van der Waals surface area contributed by atoms with Crippen LogP contribution in [0.1, 0.15) is 46.5 Å². The van der Waals surface area contributed by atoms with Gasteiger partial charge in [0.1, 0.15) is 0 Å². The van der Waals surface area contributed by atoms with E-state index in [1.807, 2.05) is 6.92 Å². The van der Waals surface area contributed by atoms with Crippen molar-refractivity contribution < 1.29 is 9.59 Å². The lowest BCUT2D eigenvalue weighted by molar-refractivity contribution is -0.125. The van der Waals surface area contributed by atoms with Crippen molar-refractivity contribution in [3.05, 3.63) is 0 Å². The quantitative estimate of drug-likeness (QED) is 0.702. The number of rotatable bonds is 8. The second kappa shape index (κ2) is 8.95. The first-order valence-electron chi connectivity index (χ1n) is 7.83. The molecule has 5 heteroatoms. The van der Waals surface area contributed by atoms with E-state index in [0.29, 0.717) is 25.4 Å². The Morgan fingerprint density at radius 1 is 1.25 bits per heavy atom. The van der Waals surface area contributed by atoms with Crippen molar-refractivity contribution in [2.24, 2.45) is 5.92 Å². The topological polar surface area (TPSA) is 61.4 Å². The monoisotopic (exact) mass is 283 g/mol.